The first kappa shape index (κ1) is 18.9. The first-order valence-electron chi connectivity index (χ1n) is 10.2. The van der Waals surface area contributed by atoms with Crippen LogP contribution in [0.5, 0.6) is 0 Å². The van der Waals surface area contributed by atoms with E-state index in [1.165, 1.54) is 0 Å². The fraction of sp³-hybridized carbons (Fsp3) is 0.524. The van der Waals surface area contributed by atoms with Crippen molar-refractivity contribution in [3.63, 3.8) is 0 Å². The van der Waals surface area contributed by atoms with Crippen LogP contribution in [-0.2, 0) is 11.2 Å². The lowest BCUT2D eigenvalue weighted by molar-refractivity contribution is -0.132. The van der Waals surface area contributed by atoms with Gasteiger partial charge in [0.2, 0.25) is 5.91 Å². The highest BCUT2D eigenvalue weighted by molar-refractivity contribution is 7.17. The normalized spacial score (nSPS) is 26.0. The fourth-order valence-corrected chi connectivity index (χ4v) is 6.59. The number of rotatable bonds is 5. The van der Waals surface area contributed by atoms with Crippen LogP contribution in [0.2, 0.25) is 0 Å². The Morgan fingerprint density at radius 2 is 2.24 bits per heavy atom. The second-order valence-electron chi connectivity index (χ2n) is 8.53. The van der Waals surface area contributed by atoms with Crippen molar-refractivity contribution in [1.82, 2.24) is 20.3 Å². The minimum atomic E-state index is -0.469. The molecule has 3 aromatic heterocycles. The van der Waals surface area contributed by atoms with Gasteiger partial charge in [0.15, 0.2) is 5.82 Å². The van der Waals surface area contributed by atoms with Crippen LogP contribution in [-0.4, -0.2) is 39.0 Å². The maximum Gasteiger partial charge on any atom is 0.228 e. The van der Waals surface area contributed by atoms with Crippen LogP contribution in [0.3, 0.4) is 0 Å². The Balaban J connectivity index is 1.59. The van der Waals surface area contributed by atoms with Crippen LogP contribution in [0.25, 0.3) is 10.2 Å². The molecule has 1 N–H and O–H groups in total. The van der Waals surface area contributed by atoms with Crippen LogP contribution in [0, 0.1) is 12.3 Å². The summed E-state index contributed by atoms with van der Waals surface area (Å²) in [5, 5.41) is 7.37. The number of hydrogen-bond donors (Lipinski definition) is 1. The number of nitrogens with one attached hydrogen (secondary N) is 1. The zero-order valence-electron chi connectivity index (χ0n) is 16.9. The molecule has 2 bridgehead atoms. The molecule has 0 aliphatic carbocycles. The van der Waals surface area contributed by atoms with E-state index in [1.807, 2.05) is 26.3 Å². The van der Waals surface area contributed by atoms with E-state index < -0.39 is 5.41 Å². The molecule has 5 heterocycles. The Labute approximate surface area is 178 Å². The third kappa shape index (κ3) is 3.04. The summed E-state index contributed by atoms with van der Waals surface area (Å²) in [6.45, 7) is 6.01. The van der Waals surface area contributed by atoms with E-state index in [9.17, 15) is 4.79 Å². The zero-order valence-corrected chi connectivity index (χ0v) is 18.5. The van der Waals surface area contributed by atoms with E-state index in [2.05, 4.69) is 37.0 Å². The van der Waals surface area contributed by atoms with E-state index >= 15 is 0 Å². The van der Waals surface area contributed by atoms with Gasteiger partial charge in [0, 0.05) is 29.9 Å². The molecule has 8 heteroatoms. The molecule has 0 radical (unpaired) electrons. The first-order chi connectivity index (χ1) is 14.0. The molecule has 2 aliphatic rings. The molecule has 0 aromatic carbocycles. The number of aryl methyl sites for hydroxylation is 1. The van der Waals surface area contributed by atoms with Crippen LogP contribution in [0.15, 0.2) is 22.3 Å². The molecular formula is C21H25N5OS2. The average Bonchev–Trinajstić information content (AvgIpc) is 3.44. The molecular weight excluding hydrogens is 402 g/mol. The van der Waals surface area contributed by atoms with E-state index in [0.717, 1.165) is 46.8 Å². The summed E-state index contributed by atoms with van der Waals surface area (Å²) in [7, 11) is 0. The molecule has 29 heavy (non-hydrogen) atoms. The smallest absolute Gasteiger partial charge is 0.228 e. The SMILES string of the molecule is Cc1nc(N2[C@@H]3CC[C@H]2[C@@](Cc2cscn2)(C(=O)NC(C)C)C3)c2sccc2n1. The highest BCUT2D eigenvalue weighted by Crippen LogP contribution is 2.54. The van der Waals surface area contributed by atoms with Gasteiger partial charge in [-0.05, 0) is 51.5 Å². The van der Waals surface area contributed by atoms with Crippen molar-refractivity contribution in [2.75, 3.05) is 4.90 Å². The standard InChI is InChI=1S/C21H25N5OS2/c1-12(2)23-20(27)21(8-14-10-28-11-22-14)9-15-4-5-17(21)26(15)19-18-16(6-7-29-18)24-13(3)25-19/h6-7,10-12,15,17H,4-5,8-9H2,1-3H3,(H,23,27)/t15-,17+,21+/m1/s1. The Morgan fingerprint density at radius 3 is 3.00 bits per heavy atom. The molecule has 2 fully saturated rings. The number of fused-ring (bicyclic) bond motifs is 3. The maximum atomic E-state index is 13.6. The lowest BCUT2D eigenvalue weighted by atomic mass is 9.70. The van der Waals surface area contributed by atoms with Gasteiger partial charge in [-0.1, -0.05) is 0 Å². The summed E-state index contributed by atoms with van der Waals surface area (Å²) in [6, 6.07) is 2.64. The molecule has 2 aliphatic heterocycles. The van der Waals surface area contributed by atoms with Gasteiger partial charge in [-0.2, -0.15) is 0 Å². The van der Waals surface area contributed by atoms with Crippen molar-refractivity contribution in [3.8, 4) is 0 Å². The predicted molar refractivity (Wildman–Crippen MR) is 118 cm³/mol. The number of carbonyl (C=O) groups excluding carboxylic acids is 1. The number of hydrogen-bond acceptors (Lipinski definition) is 7. The number of aromatic nitrogens is 3. The molecule has 0 spiro atoms. The summed E-state index contributed by atoms with van der Waals surface area (Å²) in [6.07, 6.45) is 3.65. The lowest BCUT2D eigenvalue weighted by Gasteiger charge is -2.36. The highest BCUT2D eigenvalue weighted by atomic mass is 32.1. The third-order valence-electron chi connectivity index (χ3n) is 6.23. The van der Waals surface area contributed by atoms with Crippen LogP contribution in [0.1, 0.15) is 44.6 Å². The number of anilines is 1. The number of carbonyl (C=O) groups is 1. The van der Waals surface area contributed by atoms with Crippen LogP contribution < -0.4 is 10.2 Å². The van der Waals surface area contributed by atoms with Crippen LogP contribution >= 0.6 is 22.7 Å². The van der Waals surface area contributed by atoms with Gasteiger partial charge in [-0.15, -0.1) is 22.7 Å². The van der Waals surface area contributed by atoms with Crippen molar-refractivity contribution in [1.29, 1.82) is 0 Å². The maximum absolute atomic E-state index is 13.6. The van der Waals surface area contributed by atoms with Crippen molar-refractivity contribution in [2.45, 2.75) is 64.6 Å². The Bertz CT molecular complexity index is 1050. The summed E-state index contributed by atoms with van der Waals surface area (Å²) >= 11 is 3.28. The zero-order chi connectivity index (χ0) is 20.2. The van der Waals surface area contributed by atoms with Gasteiger partial charge < -0.3 is 10.2 Å². The number of thiophene rings is 1. The average molecular weight is 428 g/mol. The minimum absolute atomic E-state index is 0.118. The fourth-order valence-electron chi connectivity index (χ4n) is 5.21. The Kier molecular flexibility index (Phi) is 4.58. The summed E-state index contributed by atoms with van der Waals surface area (Å²) in [5.74, 6) is 1.95. The molecule has 0 unspecified atom stereocenters. The van der Waals surface area contributed by atoms with Crippen molar-refractivity contribution >= 4 is 44.6 Å². The van der Waals surface area contributed by atoms with E-state index in [0.29, 0.717) is 12.5 Å². The molecule has 6 nitrogen and oxygen atoms in total. The van der Waals surface area contributed by atoms with Gasteiger partial charge in [-0.25, -0.2) is 15.0 Å². The summed E-state index contributed by atoms with van der Waals surface area (Å²) in [4.78, 5) is 30.0. The summed E-state index contributed by atoms with van der Waals surface area (Å²) < 4.78 is 1.13. The number of nitrogens with zero attached hydrogens (tertiary/aromatic N) is 4. The quantitative estimate of drug-likeness (QED) is 0.668. The minimum Gasteiger partial charge on any atom is -0.353 e. The molecule has 2 saturated heterocycles. The van der Waals surface area contributed by atoms with Gasteiger partial charge in [-0.3, -0.25) is 4.79 Å². The largest absolute Gasteiger partial charge is 0.353 e. The van der Waals surface area contributed by atoms with Crippen molar-refractivity contribution in [3.05, 3.63) is 33.9 Å². The molecule has 3 atom stereocenters. The third-order valence-corrected chi connectivity index (χ3v) is 7.77. The van der Waals surface area contributed by atoms with Crippen molar-refractivity contribution in [2.24, 2.45) is 5.41 Å². The number of amides is 1. The Hall–Kier alpha value is -2.06. The van der Waals surface area contributed by atoms with Gasteiger partial charge >= 0.3 is 0 Å². The van der Waals surface area contributed by atoms with Crippen molar-refractivity contribution < 1.29 is 4.79 Å². The highest BCUT2D eigenvalue weighted by Gasteiger charge is 2.60. The van der Waals surface area contributed by atoms with Crippen LogP contribution in [0.4, 0.5) is 5.82 Å². The monoisotopic (exact) mass is 427 g/mol. The second kappa shape index (κ2) is 7.02. The predicted octanol–water partition coefficient (Wildman–Crippen LogP) is 3.95. The van der Waals surface area contributed by atoms with E-state index in [-0.39, 0.29) is 18.0 Å². The van der Waals surface area contributed by atoms with Gasteiger partial charge in [0.1, 0.15) is 5.82 Å². The summed E-state index contributed by atoms with van der Waals surface area (Å²) in [5.41, 5.74) is 3.41. The molecule has 1 amide bonds. The second-order valence-corrected chi connectivity index (χ2v) is 10.2. The van der Waals surface area contributed by atoms with E-state index in [1.54, 1.807) is 22.7 Å². The molecule has 0 saturated carbocycles. The Morgan fingerprint density at radius 1 is 1.38 bits per heavy atom. The lowest BCUT2D eigenvalue weighted by Crippen LogP contribution is -2.52. The molecule has 5 rings (SSSR count). The van der Waals surface area contributed by atoms with Gasteiger partial charge in [0.05, 0.1) is 26.8 Å². The molecule has 3 aromatic rings. The first-order valence-corrected chi connectivity index (χ1v) is 12.0. The topological polar surface area (TPSA) is 71.0 Å². The van der Waals surface area contributed by atoms with Gasteiger partial charge in [0.25, 0.3) is 0 Å². The molecule has 152 valence electrons. The number of thiazole rings is 1. The van der Waals surface area contributed by atoms with E-state index in [4.69, 9.17) is 4.98 Å².